The number of hydrogen-bond donors (Lipinski definition) is 2. The van der Waals surface area contributed by atoms with Gasteiger partial charge in [-0.25, -0.2) is 9.67 Å². The highest BCUT2D eigenvalue weighted by molar-refractivity contribution is 7.19. The Morgan fingerprint density at radius 1 is 1.17 bits per heavy atom. The van der Waals surface area contributed by atoms with Crippen molar-refractivity contribution >= 4 is 39.9 Å². The van der Waals surface area contributed by atoms with Crippen LogP contribution >= 0.6 is 22.9 Å². The van der Waals surface area contributed by atoms with E-state index in [1.165, 1.54) is 18.3 Å². The van der Waals surface area contributed by atoms with Crippen molar-refractivity contribution in [3.63, 3.8) is 0 Å². The molecule has 10 heteroatoms. The molecule has 1 aromatic carbocycles. The molecule has 1 aliphatic rings. The van der Waals surface area contributed by atoms with Crippen molar-refractivity contribution in [3.8, 4) is 27.5 Å². The Labute approximate surface area is 217 Å². The van der Waals surface area contributed by atoms with E-state index in [4.69, 9.17) is 16.7 Å². The average Bonchev–Trinajstić information content (AvgIpc) is 3.44. The molecule has 0 atom stereocenters. The Morgan fingerprint density at radius 2 is 1.97 bits per heavy atom. The van der Waals surface area contributed by atoms with Crippen LogP contribution in [0.4, 0.5) is 5.13 Å². The first-order chi connectivity index (χ1) is 17.3. The van der Waals surface area contributed by atoms with Gasteiger partial charge in [-0.1, -0.05) is 36.8 Å². The van der Waals surface area contributed by atoms with Gasteiger partial charge in [0.2, 0.25) is 5.91 Å². The summed E-state index contributed by atoms with van der Waals surface area (Å²) in [7, 11) is 1.58. The van der Waals surface area contributed by atoms with Crippen molar-refractivity contribution in [2.24, 2.45) is 0 Å². The maximum Gasteiger partial charge on any atom is 0.251 e. The smallest absolute Gasteiger partial charge is 0.251 e. The van der Waals surface area contributed by atoms with Crippen molar-refractivity contribution in [1.82, 2.24) is 25.1 Å². The zero-order valence-corrected chi connectivity index (χ0v) is 21.9. The second kappa shape index (κ2) is 9.48. The molecule has 8 nitrogen and oxygen atoms in total. The van der Waals surface area contributed by atoms with E-state index in [0.29, 0.717) is 27.3 Å². The number of halogens is 1. The first-order valence-electron chi connectivity index (χ1n) is 11.6. The van der Waals surface area contributed by atoms with Gasteiger partial charge in [-0.2, -0.15) is 5.10 Å². The second-order valence-electron chi connectivity index (χ2n) is 8.94. The lowest BCUT2D eigenvalue weighted by Gasteiger charge is -2.15. The fourth-order valence-electron chi connectivity index (χ4n) is 4.33. The number of rotatable bonds is 5. The maximum absolute atomic E-state index is 12.1. The molecule has 0 unspecified atom stereocenters. The molecule has 3 heterocycles. The van der Waals surface area contributed by atoms with Gasteiger partial charge in [0.1, 0.15) is 0 Å². The molecule has 0 fully saturated rings. The number of pyridine rings is 1. The third-order valence-corrected chi connectivity index (χ3v) is 7.43. The van der Waals surface area contributed by atoms with E-state index in [1.54, 1.807) is 25.2 Å². The van der Waals surface area contributed by atoms with Crippen LogP contribution in [-0.2, 0) is 17.6 Å². The summed E-state index contributed by atoms with van der Waals surface area (Å²) in [6, 6.07) is 9.25. The fourth-order valence-corrected chi connectivity index (χ4v) is 5.71. The Balaban J connectivity index is 1.70. The molecule has 5 rings (SSSR count). The van der Waals surface area contributed by atoms with Gasteiger partial charge in [0.05, 0.1) is 32.7 Å². The molecule has 2 N–H and O–H groups in total. The van der Waals surface area contributed by atoms with E-state index in [0.717, 1.165) is 51.6 Å². The zero-order chi connectivity index (χ0) is 25.6. The highest BCUT2D eigenvalue weighted by Crippen LogP contribution is 2.44. The average molecular weight is 521 g/mol. The van der Waals surface area contributed by atoms with Gasteiger partial charge in [-0.15, -0.1) is 0 Å². The van der Waals surface area contributed by atoms with E-state index >= 15 is 0 Å². The van der Waals surface area contributed by atoms with Crippen LogP contribution in [0.15, 0.2) is 36.5 Å². The van der Waals surface area contributed by atoms with Crippen LogP contribution in [-0.4, -0.2) is 38.6 Å². The minimum absolute atomic E-state index is 0.167. The van der Waals surface area contributed by atoms with Crippen LogP contribution < -0.4 is 10.6 Å². The number of aryl methyl sites for hydroxylation is 1. The molecular formula is C26H25ClN6O2S. The Kier molecular flexibility index (Phi) is 6.36. The first-order valence-corrected chi connectivity index (χ1v) is 12.8. The van der Waals surface area contributed by atoms with Crippen LogP contribution in [0.5, 0.6) is 0 Å². The maximum atomic E-state index is 12.1. The molecule has 0 saturated carbocycles. The summed E-state index contributed by atoms with van der Waals surface area (Å²) in [5.41, 5.74) is 6.77. The number of aromatic nitrogens is 4. The van der Waals surface area contributed by atoms with Crippen molar-refractivity contribution < 1.29 is 9.59 Å². The number of anilines is 1. The van der Waals surface area contributed by atoms with Gasteiger partial charge in [0.15, 0.2) is 5.13 Å². The number of carbonyl (C=O) groups excluding carboxylic acids is 2. The highest BCUT2D eigenvalue weighted by atomic mass is 35.5. The molecule has 0 bridgehead atoms. The third kappa shape index (κ3) is 4.29. The lowest BCUT2D eigenvalue weighted by atomic mass is 9.95. The normalized spacial score (nSPS) is 12.3. The molecule has 1 aliphatic carbocycles. The molecular weight excluding hydrogens is 496 g/mol. The van der Waals surface area contributed by atoms with Gasteiger partial charge >= 0.3 is 0 Å². The van der Waals surface area contributed by atoms with Crippen LogP contribution in [0, 0.1) is 0 Å². The molecule has 0 radical (unpaired) electrons. The zero-order valence-electron chi connectivity index (χ0n) is 20.3. The van der Waals surface area contributed by atoms with E-state index in [-0.39, 0.29) is 11.8 Å². The number of carbonyl (C=O) groups is 2. The fraction of sp³-hybridized carbons (Fsp3) is 0.269. The number of benzene rings is 1. The van der Waals surface area contributed by atoms with Gasteiger partial charge in [-0.3, -0.25) is 14.6 Å². The minimum atomic E-state index is -0.215. The monoisotopic (exact) mass is 520 g/mol. The summed E-state index contributed by atoms with van der Waals surface area (Å²) in [6.45, 7) is 5.69. The SMILES string of the molecule is CNC(=O)c1ccc(-n2nc(-c3ccc(C(C)C)nc3)c3c2-c2sc(NC(C)=O)nc2CC3)c(Cl)c1. The molecule has 184 valence electrons. The van der Waals surface area contributed by atoms with Crippen LogP contribution in [0.2, 0.25) is 5.02 Å². The quantitative estimate of drug-likeness (QED) is 0.374. The Bertz CT molecular complexity index is 1490. The topological polar surface area (TPSA) is 102 Å². The van der Waals surface area contributed by atoms with Gasteiger partial charge in [0, 0.05) is 42.6 Å². The summed E-state index contributed by atoms with van der Waals surface area (Å²) in [4.78, 5) is 34.0. The second-order valence-corrected chi connectivity index (χ2v) is 10.3. The number of amides is 2. The van der Waals surface area contributed by atoms with Crippen LogP contribution in [0.3, 0.4) is 0 Å². The molecule has 36 heavy (non-hydrogen) atoms. The third-order valence-electron chi connectivity index (χ3n) is 6.11. The van der Waals surface area contributed by atoms with Gasteiger partial charge in [0.25, 0.3) is 5.91 Å². The standard InChI is InChI=1S/C26H25ClN6O2S/c1-13(2)19-8-5-16(12-29-19)22-17-7-9-20-24(36-26(31-20)30-14(3)34)23(17)33(32-22)21-10-6-15(11-18(21)27)25(35)28-4/h5-6,8,10-13H,7,9H2,1-4H3,(H,28,35)(H,30,31,34). The highest BCUT2D eigenvalue weighted by Gasteiger charge is 2.30. The van der Waals surface area contributed by atoms with Crippen molar-refractivity contribution in [2.75, 3.05) is 12.4 Å². The van der Waals surface area contributed by atoms with Crippen molar-refractivity contribution in [3.05, 3.63) is 64.1 Å². The number of hydrogen-bond acceptors (Lipinski definition) is 6. The van der Waals surface area contributed by atoms with Crippen LogP contribution in [0.1, 0.15) is 54.0 Å². The minimum Gasteiger partial charge on any atom is -0.355 e. The largest absolute Gasteiger partial charge is 0.355 e. The van der Waals surface area contributed by atoms with Crippen LogP contribution in [0.25, 0.3) is 27.5 Å². The number of nitrogens with zero attached hydrogens (tertiary/aromatic N) is 4. The summed E-state index contributed by atoms with van der Waals surface area (Å²) in [5.74, 6) is -0.0533. The van der Waals surface area contributed by atoms with E-state index in [1.807, 2.05) is 16.9 Å². The van der Waals surface area contributed by atoms with Crippen molar-refractivity contribution in [1.29, 1.82) is 0 Å². The number of fused-ring (bicyclic) bond motifs is 3. The van der Waals surface area contributed by atoms with Gasteiger partial charge < -0.3 is 10.6 Å². The molecule has 0 spiro atoms. The molecule has 4 aromatic rings. The van der Waals surface area contributed by atoms with Crippen molar-refractivity contribution in [2.45, 2.75) is 39.5 Å². The van der Waals surface area contributed by atoms with E-state index < -0.39 is 0 Å². The van der Waals surface area contributed by atoms with E-state index in [9.17, 15) is 9.59 Å². The predicted molar refractivity (Wildman–Crippen MR) is 142 cm³/mol. The summed E-state index contributed by atoms with van der Waals surface area (Å²) >= 11 is 8.12. The van der Waals surface area contributed by atoms with Gasteiger partial charge in [-0.05, 0) is 49.1 Å². The summed E-state index contributed by atoms with van der Waals surface area (Å²) in [6.07, 6.45) is 3.34. The lowest BCUT2D eigenvalue weighted by Crippen LogP contribution is -2.17. The molecule has 0 saturated heterocycles. The Morgan fingerprint density at radius 3 is 2.61 bits per heavy atom. The lowest BCUT2D eigenvalue weighted by molar-refractivity contribution is -0.114. The summed E-state index contributed by atoms with van der Waals surface area (Å²) in [5, 5.41) is 11.4. The number of thiazole rings is 1. The Hall–Kier alpha value is -3.56. The first kappa shape index (κ1) is 24.1. The summed E-state index contributed by atoms with van der Waals surface area (Å²) < 4.78 is 1.82. The molecule has 2 amide bonds. The predicted octanol–water partition coefficient (Wildman–Crippen LogP) is 5.25. The van der Waals surface area contributed by atoms with E-state index in [2.05, 4.69) is 40.5 Å². The molecule has 0 aliphatic heterocycles. The number of nitrogens with one attached hydrogen (secondary N) is 2. The molecule has 3 aromatic heterocycles.